The van der Waals surface area contributed by atoms with Crippen molar-refractivity contribution < 1.29 is 4.74 Å². The number of ether oxygens (including phenoxy) is 1. The van der Waals surface area contributed by atoms with Crippen LogP contribution in [-0.4, -0.2) is 16.7 Å². The summed E-state index contributed by atoms with van der Waals surface area (Å²) >= 11 is 17.7. The number of halogens is 2. The maximum Gasteiger partial charge on any atom is 0.131 e. The number of hydrogen-bond donors (Lipinski definition) is 1. The minimum absolute atomic E-state index is 0.424. The van der Waals surface area contributed by atoms with Gasteiger partial charge in [0, 0.05) is 11.8 Å². The predicted molar refractivity (Wildman–Crippen MR) is 71.2 cm³/mol. The topological polar surface area (TPSA) is 35.2 Å². The van der Waals surface area contributed by atoms with E-state index in [-0.39, 0.29) is 0 Å². The van der Waals surface area contributed by atoms with Gasteiger partial charge in [-0.2, -0.15) is 0 Å². The number of benzene rings is 1. The molecular weight excluding hydrogens is 273 g/mol. The smallest absolute Gasteiger partial charge is 0.131 e. The Labute approximate surface area is 108 Å². The first kappa shape index (κ1) is 12.9. The summed E-state index contributed by atoms with van der Waals surface area (Å²) in [6.45, 7) is 0.528. The molecule has 2 nitrogen and oxygen atoms in total. The Kier molecular flexibility index (Phi) is 5.53. The first-order valence-electron chi connectivity index (χ1n) is 4.09. The van der Waals surface area contributed by atoms with E-state index in [1.165, 1.54) is 11.8 Å². The summed E-state index contributed by atoms with van der Waals surface area (Å²) < 4.78 is 5.84. The molecule has 0 atom stereocenters. The van der Waals surface area contributed by atoms with Crippen LogP contribution in [0.3, 0.4) is 0 Å². The molecule has 0 aromatic heterocycles. The monoisotopic (exact) mass is 281 g/mol. The molecule has 0 bridgehead atoms. The number of rotatable bonds is 4. The van der Waals surface area contributed by atoms with Gasteiger partial charge in [0.05, 0.1) is 16.7 Å². The van der Waals surface area contributed by atoms with Gasteiger partial charge in [-0.25, -0.2) is 0 Å². The highest BCUT2D eigenvalue weighted by Crippen LogP contribution is 2.26. The number of hydrogen-bond acceptors (Lipinski definition) is 3. The van der Waals surface area contributed by atoms with Crippen LogP contribution < -0.4 is 10.5 Å². The quantitative estimate of drug-likeness (QED) is 0.678. The van der Waals surface area contributed by atoms with Crippen molar-refractivity contribution in [1.82, 2.24) is 0 Å². The van der Waals surface area contributed by atoms with Crippen molar-refractivity contribution in [3.05, 3.63) is 28.2 Å². The van der Waals surface area contributed by atoms with Gasteiger partial charge in [0.15, 0.2) is 0 Å². The molecule has 0 saturated carbocycles. The lowest BCUT2D eigenvalue weighted by molar-refractivity contribution is 0.344. The molecule has 0 aliphatic rings. The Morgan fingerprint density at radius 3 is 2.73 bits per heavy atom. The summed E-state index contributed by atoms with van der Waals surface area (Å²) in [7, 11) is 0. The fourth-order valence-electron chi connectivity index (χ4n) is 0.868. The summed E-state index contributed by atoms with van der Waals surface area (Å²) in [6.07, 6.45) is 0. The third-order valence-corrected chi connectivity index (χ3v) is 3.24. The van der Waals surface area contributed by atoms with Crippen LogP contribution in [-0.2, 0) is 0 Å². The summed E-state index contributed by atoms with van der Waals surface area (Å²) in [5.74, 6) is 1.41. The van der Waals surface area contributed by atoms with Crippen LogP contribution in [0.4, 0.5) is 0 Å². The maximum absolute atomic E-state index is 5.82. The lowest BCUT2D eigenvalue weighted by atomic mass is 10.3. The molecule has 0 saturated heterocycles. The van der Waals surface area contributed by atoms with Crippen molar-refractivity contribution in [2.24, 2.45) is 5.73 Å². The molecular formula is C9H9Cl2NOS2. The minimum Gasteiger partial charge on any atom is -0.493 e. The molecule has 2 N–H and O–H groups in total. The van der Waals surface area contributed by atoms with E-state index >= 15 is 0 Å². The summed E-state index contributed by atoms with van der Waals surface area (Å²) in [5.41, 5.74) is 5.32. The summed E-state index contributed by atoms with van der Waals surface area (Å²) in [5, 5.41) is 0.998. The van der Waals surface area contributed by atoms with E-state index in [4.69, 9.17) is 45.9 Å². The van der Waals surface area contributed by atoms with Gasteiger partial charge in [-0.05, 0) is 12.1 Å². The van der Waals surface area contributed by atoms with E-state index in [1.54, 1.807) is 18.2 Å². The van der Waals surface area contributed by atoms with Gasteiger partial charge in [0.25, 0.3) is 0 Å². The van der Waals surface area contributed by atoms with E-state index < -0.39 is 0 Å². The van der Waals surface area contributed by atoms with E-state index in [1.807, 2.05) is 0 Å². The maximum atomic E-state index is 5.82. The molecule has 0 fully saturated rings. The zero-order valence-corrected chi connectivity index (χ0v) is 10.8. The average Bonchev–Trinajstić information content (AvgIpc) is 2.18. The van der Waals surface area contributed by atoms with Crippen LogP contribution in [0.5, 0.6) is 5.75 Å². The second-order valence-electron chi connectivity index (χ2n) is 2.59. The highest BCUT2D eigenvalue weighted by molar-refractivity contribution is 8.22. The number of thioether (sulfide) groups is 1. The fraction of sp³-hybridized carbons (Fsp3) is 0.222. The fourth-order valence-corrected chi connectivity index (χ4v) is 1.77. The molecule has 0 aliphatic heterocycles. The average molecular weight is 282 g/mol. The zero-order valence-electron chi connectivity index (χ0n) is 7.70. The number of thiocarbonyl (C=S) groups is 1. The predicted octanol–water partition coefficient (Wildman–Crippen LogP) is 3.35. The lowest BCUT2D eigenvalue weighted by Gasteiger charge is -2.06. The molecule has 0 spiro atoms. The number of nitrogens with two attached hydrogens (primary N) is 1. The Morgan fingerprint density at radius 2 is 2.13 bits per heavy atom. The summed E-state index contributed by atoms with van der Waals surface area (Å²) in [4.78, 5) is 0. The largest absolute Gasteiger partial charge is 0.493 e. The van der Waals surface area contributed by atoms with Gasteiger partial charge in [-0.15, -0.1) is 0 Å². The zero-order chi connectivity index (χ0) is 11.3. The Morgan fingerprint density at radius 1 is 1.40 bits per heavy atom. The van der Waals surface area contributed by atoms with Crippen LogP contribution in [0.15, 0.2) is 18.2 Å². The lowest BCUT2D eigenvalue weighted by Crippen LogP contribution is -2.07. The third kappa shape index (κ3) is 4.93. The Hall–Kier alpha value is -0.160. The van der Waals surface area contributed by atoms with Crippen molar-refractivity contribution in [2.45, 2.75) is 0 Å². The second kappa shape index (κ2) is 6.43. The molecule has 0 heterocycles. The molecule has 1 aromatic rings. The van der Waals surface area contributed by atoms with Gasteiger partial charge in [0.1, 0.15) is 10.1 Å². The van der Waals surface area contributed by atoms with E-state index in [0.717, 1.165) is 5.75 Å². The van der Waals surface area contributed by atoms with Gasteiger partial charge in [-0.1, -0.05) is 47.2 Å². The highest BCUT2D eigenvalue weighted by atomic mass is 35.5. The van der Waals surface area contributed by atoms with Crippen molar-refractivity contribution >= 4 is 51.5 Å². The first-order chi connectivity index (χ1) is 7.09. The van der Waals surface area contributed by atoms with E-state index in [9.17, 15) is 0 Å². The van der Waals surface area contributed by atoms with E-state index in [2.05, 4.69) is 0 Å². The molecule has 0 aliphatic carbocycles. The van der Waals surface area contributed by atoms with Crippen LogP contribution in [0.1, 0.15) is 0 Å². The van der Waals surface area contributed by atoms with Crippen LogP contribution in [0, 0.1) is 0 Å². The van der Waals surface area contributed by atoms with Gasteiger partial charge in [0.2, 0.25) is 0 Å². The standard InChI is InChI=1S/C9H9Cl2NOS2/c10-7-2-1-6(5-8(7)11)13-3-4-15-9(12)14/h1-2,5H,3-4H2,(H2,12,14). The highest BCUT2D eigenvalue weighted by Gasteiger charge is 2.00. The van der Waals surface area contributed by atoms with Crippen molar-refractivity contribution in [3.63, 3.8) is 0 Å². The molecule has 0 radical (unpaired) electrons. The van der Waals surface area contributed by atoms with Gasteiger partial charge >= 0.3 is 0 Å². The third-order valence-electron chi connectivity index (χ3n) is 1.49. The molecule has 1 aromatic carbocycles. The molecule has 6 heteroatoms. The van der Waals surface area contributed by atoms with Crippen LogP contribution >= 0.6 is 47.2 Å². The van der Waals surface area contributed by atoms with Crippen molar-refractivity contribution in [2.75, 3.05) is 12.4 Å². The van der Waals surface area contributed by atoms with Crippen molar-refractivity contribution in [3.8, 4) is 5.75 Å². The first-order valence-corrected chi connectivity index (χ1v) is 6.24. The molecule has 0 unspecified atom stereocenters. The van der Waals surface area contributed by atoms with Crippen LogP contribution in [0.2, 0.25) is 10.0 Å². The minimum atomic E-state index is 0.424. The van der Waals surface area contributed by atoms with Gasteiger partial charge < -0.3 is 10.5 Å². The van der Waals surface area contributed by atoms with E-state index in [0.29, 0.717) is 26.7 Å². The molecule has 0 amide bonds. The van der Waals surface area contributed by atoms with Gasteiger partial charge in [-0.3, -0.25) is 0 Å². The molecule has 1 rings (SSSR count). The Bertz CT molecular complexity index is 360. The normalized spacial score (nSPS) is 10.0. The second-order valence-corrected chi connectivity index (χ2v) is 5.24. The summed E-state index contributed by atoms with van der Waals surface area (Å²) in [6, 6.07) is 5.13. The van der Waals surface area contributed by atoms with Crippen molar-refractivity contribution in [1.29, 1.82) is 0 Å². The molecule has 15 heavy (non-hydrogen) atoms. The Balaban J connectivity index is 2.38. The SMILES string of the molecule is NC(=S)SCCOc1ccc(Cl)c(Cl)c1. The molecule has 82 valence electrons. The van der Waals surface area contributed by atoms with Crippen LogP contribution in [0.25, 0.3) is 0 Å².